The number of nitriles is 1. The van der Waals surface area contributed by atoms with Crippen molar-refractivity contribution in [3.63, 3.8) is 0 Å². The number of carbonyl (C=O) groups excluding carboxylic acids is 1. The number of hydrogen-bond acceptors (Lipinski definition) is 4. The summed E-state index contributed by atoms with van der Waals surface area (Å²) in [6.07, 6.45) is 3.20. The van der Waals surface area contributed by atoms with Crippen LogP contribution in [0.4, 0.5) is 0 Å². The van der Waals surface area contributed by atoms with E-state index in [2.05, 4.69) is 34.5 Å². The number of carbonyl (C=O) groups is 1. The van der Waals surface area contributed by atoms with Gasteiger partial charge in [0.1, 0.15) is 18.2 Å². The molecule has 0 spiro atoms. The van der Waals surface area contributed by atoms with Gasteiger partial charge in [0.05, 0.1) is 10.2 Å². The van der Waals surface area contributed by atoms with Gasteiger partial charge in [0.25, 0.3) is 5.91 Å². The van der Waals surface area contributed by atoms with Crippen LogP contribution in [0, 0.1) is 14.9 Å². The SMILES string of the molecule is C=CCOc1c(I)cc(/C=C(/C#N)C(=O)NC(C)C)cc1OCC. The average molecular weight is 440 g/mol. The number of nitrogens with zero attached hydrogens (tertiary/aromatic N) is 1. The molecule has 0 bridgehead atoms. The molecule has 5 nitrogen and oxygen atoms in total. The van der Waals surface area contributed by atoms with Crippen LogP contribution in [-0.2, 0) is 4.79 Å². The number of nitrogens with one attached hydrogen (secondary N) is 1. The van der Waals surface area contributed by atoms with Crippen molar-refractivity contribution in [2.24, 2.45) is 0 Å². The largest absolute Gasteiger partial charge is 0.490 e. The molecule has 1 N–H and O–H groups in total. The molecule has 1 aromatic rings. The van der Waals surface area contributed by atoms with E-state index in [1.54, 1.807) is 18.2 Å². The summed E-state index contributed by atoms with van der Waals surface area (Å²) in [5.41, 5.74) is 0.742. The first kappa shape index (κ1) is 20.0. The second-order valence-electron chi connectivity index (χ2n) is 5.16. The van der Waals surface area contributed by atoms with E-state index in [0.717, 1.165) is 3.57 Å². The van der Waals surface area contributed by atoms with Gasteiger partial charge in [-0.05, 0) is 67.1 Å². The first-order chi connectivity index (χ1) is 11.4. The lowest BCUT2D eigenvalue weighted by atomic mass is 10.1. The highest BCUT2D eigenvalue weighted by Gasteiger charge is 2.14. The molecule has 1 aromatic carbocycles. The van der Waals surface area contributed by atoms with Crippen LogP contribution in [-0.4, -0.2) is 25.2 Å². The van der Waals surface area contributed by atoms with E-state index in [1.165, 1.54) is 0 Å². The number of halogens is 1. The Balaban J connectivity index is 3.24. The molecule has 24 heavy (non-hydrogen) atoms. The zero-order chi connectivity index (χ0) is 18.1. The molecule has 0 heterocycles. The van der Waals surface area contributed by atoms with Crippen LogP contribution >= 0.6 is 22.6 Å². The lowest BCUT2D eigenvalue weighted by Gasteiger charge is -2.14. The number of benzene rings is 1. The van der Waals surface area contributed by atoms with Gasteiger partial charge in [-0.3, -0.25) is 4.79 Å². The molecule has 0 aliphatic carbocycles. The van der Waals surface area contributed by atoms with Crippen LogP contribution < -0.4 is 14.8 Å². The van der Waals surface area contributed by atoms with E-state index in [4.69, 9.17) is 9.47 Å². The first-order valence-corrected chi connectivity index (χ1v) is 8.63. The summed E-state index contributed by atoms with van der Waals surface area (Å²) in [4.78, 5) is 12.0. The van der Waals surface area contributed by atoms with E-state index < -0.39 is 5.91 Å². The molecule has 0 saturated carbocycles. The lowest BCUT2D eigenvalue weighted by Crippen LogP contribution is -2.30. The van der Waals surface area contributed by atoms with Gasteiger partial charge in [0.2, 0.25) is 0 Å². The van der Waals surface area contributed by atoms with Crippen LogP contribution in [0.5, 0.6) is 11.5 Å². The number of amides is 1. The summed E-state index contributed by atoms with van der Waals surface area (Å²) in [5, 5.41) is 11.9. The van der Waals surface area contributed by atoms with Gasteiger partial charge < -0.3 is 14.8 Å². The summed E-state index contributed by atoms with van der Waals surface area (Å²) in [6.45, 7) is 10.0. The Morgan fingerprint density at radius 3 is 2.71 bits per heavy atom. The van der Waals surface area contributed by atoms with Crippen molar-refractivity contribution in [2.75, 3.05) is 13.2 Å². The summed E-state index contributed by atoms with van der Waals surface area (Å²) in [6, 6.07) is 5.49. The van der Waals surface area contributed by atoms with Crippen molar-refractivity contribution in [1.82, 2.24) is 5.32 Å². The molecule has 0 saturated heterocycles. The van der Waals surface area contributed by atoms with Gasteiger partial charge in [0, 0.05) is 6.04 Å². The fourth-order valence-electron chi connectivity index (χ4n) is 1.87. The molecule has 6 heteroatoms. The quantitative estimate of drug-likeness (QED) is 0.290. The third-order valence-electron chi connectivity index (χ3n) is 2.77. The van der Waals surface area contributed by atoms with Crippen molar-refractivity contribution in [3.8, 4) is 17.6 Å². The van der Waals surface area contributed by atoms with E-state index in [0.29, 0.717) is 30.3 Å². The van der Waals surface area contributed by atoms with Crippen LogP contribution in [0.2, 0.25) is 0 Å². The highest BCUT2D eigenvalue weighted by Crippen LogP contribution is 2.35. The summed E-state index contributed by atoms with van der Waals surface area (Å²) < 4.78 is 12.1. The van der Waals surface area contributed by atoms with Gasteiger partial charge in [-0.15, -0.1) is 0 Å². The average Bonchev–Trinajstić information content (AvgIpc) is 2.51. The van der Waals surface area contributed by atoms with E-state index in [1.807, 2.05) is 32.9 Å². The van der Waals surface area contributed by atoms with E-state index >= 15 is 0 Å². The molecule has 0 aromatic heterocycles. The van der Waals surface area contributed by atoms with Gasteiger partial charge in [-0.2, -0.15) is 5.26 Å². The Hall–Kier alpha value is -2.01. The van der Waals surface area contributed by atoms with Crippen molar-refractivity contribution in [2.45, 2.75) is 26.8 Å². The molecular weight excluding hydrogens is 419 g/mol. The summed E-state index contributed by atoms with van der Waals surface area (Å²) in [5.74, 6) is 0.797. The van der Waals surface area contributed by atoms with E-state index in [-0.39, 0.29) is 11.6 Å². The number of rotatable bonds is 8. The predicted molar refractivity (Wildman–Crippen MR) is 103 cm³/mol. The minimum Gasteiger partial charge on any atom is -0.490 e. The summed E-state index contributed by atoms with van der Waals surface area (Å²) in [7, 11) is 0. The zero-order valence-corrected chi connectivity index (χ0v) is 16.2. The van der Waals surface area contributed by atoms with Gasteiger partial charge in [-0.25, -0.2) is 0 Å². The Kier molecular flexibility index (Phi) is 8.33. The van der Waals surface area contributed by atoms with Crippen LogP contribution in [0.1, 0.15) is 26.3 Å². The fraction of sp³-hybridized carbons (Fsp3) is 0.333. The molecule has 0 aliphatic heterocycles. The Morgan fingerprint density at radius 1 is 1.46 bits per heavy atom. The highest BCUT2D eigenvalue weighted by atomic mass is 127. The Morgan fingerprint density at radius 2 is 2.17 bits per heavy atom. The monoisotopic (exact) mass is 440 g/mol. The molecule has 0 aliphatic rings. The van der Waals surface area contributed by atoms with Gasteiger partial charge >= 0.3 is 0 Å². The van der Waals surface area contributed by atoms with Crippen LogP contribution in [0.3, 0.4) is 0 Å². The lowest BCUT2D eigenvalue weighted by molar-refractivity contribution is -0.117. The van der Waals surface area contributed by atoms with Crippen molar-refractivity contribution in [3.05, 3.63) is 39.5 Å². The first-order valence-electron chi connectivity index (χ1n) is 7.55. The minimum atomic E-state index is -0.396. The molecular formula is C18H21IN2O3. The molecule has 0 atom stereocenters. The smallest absolute Gasteiger partial charge is 0.262 e. The molecule has 128 valence electrons. The second kappa shape index (κ2) is 9.98. The fourth-order valence-corrected chi connectivity index (χ4v) is 2.65. The minimum absolute atomic E-state index is 0.0388. The standard InChI is InChI=1S/C18H21IN2O3/c1-5-7-24-17-15(19)9-13(10-16(17)23-6-2)8-14(11-20)18(22)21-12(3)4/h5,8-10,12H,1,6-7H2,2-4H3,(H,21,22)/b14-8-. The van der Waals surface area contributed by atoms with Gasteiger partial charge in [-0.1, -0.05) is 12.7 Å². The van der Waals surface area contributed by atoms with Gasteiger partial charge in [0.15, 0.2) is 11.5 Å². The second-order valence-corrected chi connectivity index (χ2v) is 6.32. The third kappa shape index (κ3) is 5.89. The summed E-state index contributed by atoms with van der Waals surface area (Å²) >= 11 is 2.14. The maximum absolute atomic E-state index is 12.0. The van der Waals surface area contributed by atoms with Crippen molar-refractivity contribution < 1.29 is 14.3 Å². The zero-order valence-electron chi connectivity index (χ0n) is 14.1. The topological polar surface area (TPSA) is 71.3 Å². The normalized spacial score (nSPS) is 10.9. The number of hydrogen-bond donors (Lipinski definition) is 1. The Bertz CT molecular complexity index is 676. The van der Waals surface area contributed by atoms with Crippen LogP contribution in [0.15, 0.2) is 30.4 Å². The van der Waals surface area contributed by atoms with Crippen molar-refractivity contribution >= 4 is 34.6 Å². The number of ether oxygens (including phenoxy) is 2. The third-order valence-corrected chi connectivity index (χ3v) is 3.57. The predicted octanol–water partition coefficient (Wildman–Crippen LogP) is 3.69. The Labute approximate surface area is 156 Å². The molecule has 1 amide bonds. The molecule has 1 rings (SSSR count). The van der Waals surface area contributed by atoms with Crippen molar-refractivity contribution in [1.29, 1.82) is 5.26 Å². The highest BCUT2D eigenvalue weighted by molar-refractivity contribution is 14.1. The molecule has 0 fully saturated rings. The van der Waals surface area contributed by atoms with E-state index in [9.17, 15) is 10.1 Å². The maximum atomic E-state index is 12.0. The molecule has 0 radical (unpaired) electrons. The molecule has 0 unspecified atom stereocenters. The maximum Gasteiger partial charge on any atom is 0.262 e. The van der Waals surface area contributed by atoms with Crippen LogP contribution in [0.25, 0.3) is 6.08 Å².